The van der Waals surface area contributed by atoms with E-state index >= 15 is 0 Å². The lowest BCUT2D eigenvalue weighted by Gasteiger charge is -2.44. The molecule has 1 aliphatic rings. The van der Waals surface area contributed by atoms with Crippen molar-refractivity contribution in [3.63, 3.8) is 0 Å². The summed E-state index contributed by atoms with van der Waals surface area (Å²) in [4.78, 5) is 46.7. The Morgan fingerprint density at radius 2 is 1.29 bits per heavy atom. The molecule has 0 aromatic heterocycles. The third-order valence-electron chi connectivity index (χ3n) is 5.10. The number of ether oxygens (including phenoxy) is 6. The SMILES string of the molecule is CCCCCCCCSCCO[C@@H]1O[C@H](COC(C)=O)[C@H](OC(C)=O)[C@H](OC(C)=O)[C@H]1OC(C)=O. The highest BCUT2D eigenvalue weighted by Crippen LogP contribution is 2.30. The molecule has 0 spiro atoms. The fraction of sp³-hybridized carbons (Fsp3) is 0.833. The molecule has 1 aliphatic heterocycles. The summed E-state index contributed by atoms with van der Waals surface area (Å²) in [7, 11) is 0. The van der Waals surface area contributed by atoms with Gasteiger partial charge in [0, 0.05) is 33.4 Å². The lowest BCUT2D eigenvalue weighted by molar-refractivity contribution is -0.307. The second-order valence-corrected chi connectivity index (χ2v) is 9.54. The van der Waals surface area contributed by atoms with Crippen LogP contribution >= 0.6 is 11.8 Å². The molecular formula is C24H40O10S. The molecule has 0 aliphatic carbocycles. The Morgan fingerprint density at radius 3 is 1.89 bits per heavy atom. The minimum Gasteiger partial charge on any atom is -0.463 e. The Morgan fingerprint density at radius 1 is 0.714 bits per heavy atom. The fourth-order valence-corrected chi connectivity index (χ4v) is 4.46. The van der Waals surface area contributed by atoms with E-state index in [1.54, 1.807) is 11.8 Å². The highest BCUT2D eigenvalue weighted by atomic mass is 32.2. The molecule has 5 atom stereocenters. The van der Waals surface area contributed by atoms with Crippen molar-refractivity contribution in [2.75, 3.05) is 24.7 Å². The maximum Gasteiger partial charge on any atom is 0.303 e. The minimum atomic E-state index is -1.21. The van der Waals surface area contributed by atoms with Crippen molar-refractivity contribution in [3.8, 4) is 0 Å². The number of rotatable bonds is 16. The quantitative estimate of drug-likeness (QED) is 0.169. The Balaban J connectivity index is 2.83. The number of thioether (sulfide) groups is 1. The van der Waals surface area contributed by atoms with Crippen LogP contribution in [-0.2, 0) is 47.6 Å². The van der Waals surface area contributed by atoms with Gasteiger partial charge in [0.15, 0.2) is 24.6 Å². The zero-order chi connectivity index (χ0) is 26.2. The van der Waals surface area contributed by atoms with E-state index in [1.807, 2.05) is 0 Å². The van der Waals surface area contributed by atoms with E-state index < -0.39 is 54.6 Å². The highest BCUT2D eigenvalue weighted by molar-refractivity contribution is 7.99. The molecule has 1 heterocycles. The number of carbonyl (C=O) groups is 4. The van der Waals surface area contributed by atoms with E-state index in [1.165, 1.54) is 59.8 Å². The van der Waals surface area contributed by atoms with Gasteiger partial charge in [0.1, 0.15) is 12.7 Å². The van der Waals surface area contributed by atoms with Crippen molar-refractivity contribution >= 4 is 35.6 Å². The van der Waals surface area contributed by atoms with Crippen LogP contribution in [0.4, 0.5) is 0 Å². The third kappa shape index (κ3) is 13.1. The maximum absolute atomic E-state index is 11.8. The molecule has 0 bridgehead atoms. The molecule has 10 nitrogen and oxygen atoms in total. The molecular weight excluding hydrogens is 480 g/mol. The van der Waals surface area contributed by atoms with Gasteiger partial charge >= 0.3 is 23.9 Å². The van der Waals surface area contributed by atoms with Crippen LogP contribution in [0.1, 0.15) is 73.1 Å². The Hall–Kier alpha value is -1.85. The lowest BCUT2D eigenvalue weighted by atomic mass is 9.98. The van der Waals surface area contributed by atoms with Crippen molar-refractivity contribution in [2.45, 2.75) is 104 Å². The molecule has 0 saturated carbocycles. The molecule has 11 heteroatoms. The van der Waals surface area contributed by atoms with Crippen LogP contribution in [0.15, 0.2) is 0 Å². The number of hydrogen-bond donors (Lipinski definition) is 0. The van der Waals surface area contributed by atoms with E-state index in [9.17, 15) is 19.2 Å². The van der Waals surface area contributed by atoms with E-state index in [-0.39, 0.29) is 13.2 Å². The second kappa shape index (κ2) is 17.6. The summed E-state index contributed by atoms with van der Waals surface area (Å²) < 4.78 is 32.9. The molecule has 0 N–H and O–H groups in total. The van der Waals surface area contributed by atoms with Gasteiger partial charge in [-0.1, -0.05) is 39.0 Å². The summed E-state index contributed by atoms with van der Waals surface area (Å²) in [5.74, 6) is -0.872. The van der Waals surface area contributed by atoms with E-state index in [0.29, 0.717) is 5.75 Å². The van der Waals surface area contributed by atoms with Crippen molar-refractivity contribution in [1.82, 2.24) is 0 Å². The van der Waals surface area contributed by atoms with Crippen molar-refractivity contribution < 1.29 is 47.6 Å². The van der Waals surface area contributed by atoms with Gasteiger partial charge in [-0.25, -0.2) is 0 Å². The molecule has 0 unspecified atom stereocenters. The van der Waals surface area contributed by atoms with Gasteiger partial charge < -0.3 is 28.4 Å². The summed E-state index contributed by atoms with van der Waals surface area (Å²) in [5, 5.41) is 0. The van der Waals surface area contributed by atoms with Gasteiger partial charge in [0.05, 0.1) is 6.61 Å². The van der Waals surface area contributed by atoms with Crippen LogP contribution in [0.2, 0.25) is 0 Å². The average Bonchev–Trinajstić information content (AvgIpc) is 2.76. The second-order valence-electron chi connectivity index (χ2n) is 8.32. The first-order valence-corrected chi connectivity index (χ1v) is 13.3. The number of unbranched alkanes of at least 4 members (excludes halogenated alkanes) is 5. The summed E-state index contributed by atoms with van der Waals surface area (Å²) in [6, 6.07) is 0. The predicted molar refractivity (Wildman–Crippen MR) is 129 cm³/mol. The zero-order valence-electron chi connectivity index (χ0n) is 21.4. The van der Waals surface area contributed by atoms with Crippen LogP contribution in [0.3, 0.4) is 0 Å². The first kappa shape index (κ1) is 31.2. The highest BCUT2D eigenvalue weighted by Gasteiger charge is 2.52. The largest absolute Gasteiger partial charge is 0.463 e. The van der Waals surface area contributed by atoms with Crippen LogP contribution in [0.5, 0.6) is 0 Å². The molecule has 0 aromatic rings. The zero-order valence-corrected chi connectivity index (χ0v) is 22.3. The van der Waals surface area contributed by atoms with Gasteiger partial charge in [-0.3, -0.25) is 19.2 Å². The van der Waals surface area contributed by atoms with Gasteiger partial charge in [-0.2, -0.15) is 11.8 Å². The Labute approximate surface area is 212 Å². The van der Waals surface area contributed by atoms with Gasteiger partial charge in [0.25, 0.3) is 0 Å². The van der Waals surface area contributed by atoms with Crippen molar-refractivity contribution in [1.29, 1.82) is 0 Å². The first-order chi connectivity index (χ1) is 16.6. The van der Waals surface area contributed by atoms with Crippen molar-refractivity contribution in [3.05, 3.63) is 0 Å². The van der Waals surface area contributed by atoms with Crippen LogP contribution < -0.4 is 0 Å². The molecule has 0 aromatic carbocycles. The number of esters is 4. The van der Waals surface area contributed by atoms with Gasteiger partial charge in [0.2, 0.25) is 0 Å². The van der Waals surface area contributed by atoms with Crippen LogP contribution in [0, 0.1) is 0 Å². The molecule has 202 valence electrons. The molecule has 0 radical (unpaired) electrons. The molecule has 0 amide bonds. The molecule has 1 fully saturated rings. The minimum absolute atomic E-state index is 0.273. The summed E-state index contributed by atoms with van der Waals surface area (Å²) in [5.41, 5.74) is 0. The monoisotopic (exact) mass is 520 g/mol. The molecule has 1 rings (SSSR count). The number of carbonyl (C=O) groups excluding carboxylic acids is 4. The van der Waals surface area contributed by atoms with Crippen molar-refractivity contribution in [2.24, 2.45) is 0 Å². The Bertz CT molecular complexity index is 671. The summed E-state index contributed by atoms with van der Waals surface area (Å²) in [6.07, 6.45) is 1.66. The molecule has 1 saturated heterocycles. The van der Waals surface area contributed by atoms with E-state index in [2.05, 4.69) is 6.92 Å². The Kier molecular flexibility index (Phi) is 15.6. The third-order valence-corrected chi connectivity index (χ3v) is 6.13. The standard InChI is InChI=1S/C24H40O10S/c1-6-7-8-9-10-11-13-35-14-12-29-24-23(33-19(5)28)22(32-18(4)27)21(31-17(3)26)20(34-24)15-30-16(2)25/h20-24H,6-15H2,1-5H3/t20-,21+,22+,23-,24-/m1/s1. The fourth-order valence-electron chi connectivity index (χ4n) is 3.63. The van der Waals surface area contributed by atoms with Gasteiger partial charge in [-0.05, 0) is 12.2 Å². The smallest absolute Gasteiger partial charge is 0.303 e. The van der Waals surface area contributed by atoms with Crippen LogP contribution in [-0.4, -0.2) is 79.3 Å². The van der Waals surface area contributed by atoms with E-state index in [4.69, 9.17) is 28.4 Å². The summed E-state index contributed by atoms with van der Waals surface area (Å²) >= 11 is 1.74. The van der Waals surface area contributed by atoms with E-state index in [0.717, 1.165) is 12.2 Å². The first-order valence-electron chi connectivity index (χ1n) is 12.2. The maximum atomic E-state index is 11.8. The molecule has 35 heavy (non-hydrogen) atoms. The van der Waals surface area contributed by atoms with Crippen LogP contribution in [0.25, 0.3) is 0 Å². The average molecular weight is 521 g/mol. The predicted octanol–water partition coefficient (Wildman–Crippen LogP) is 3.18. The summed E-state index contributed by atoms with van der Waals surface area (Å²) in [6.45, 7) is 6.99. The normalized spacial score (nSPS) is 23.9. The number of hydrogen-bond acceptors (Lipinski definition) is 11. The lowest BCUT2D eigenvalue weighted by Crippen LogP contribution is -2.63. The van der Waals surface area contributed by atoms with Gasteiger partial charge in [-0.15, -0.1) is 0 Å². The topological polar surface area (TPSA) is 124 Å².